The van der Waals surface area contributed by atoms with Crippen molar-refractivity contribution in [2.75, 3.05) is 23.3 Å². The number of amides is 1. The molecule has 1 fully saturated rings. The number of carbonyl (C=O) groups excluding carboxylic acids is 1. The zero-order valence-corrected chi connectivity index (χ0v) is 18.2. The molecule has 6 nitrogen and oxygen atoms in total. The van der Waals surface area contributed by atoms with Gasteiger partial charge in [0.15, 0.2) is 0 Å². The molecule has 0 radical (unpaired) electrons. The van der Waals surface area contributed by atoms with E-state index in [9.17, 15) is 4.79 Å². The van der Waals surface area contributed by atoms with E-state index in [2.05, 4.69) is 64.8 Å². The second-order valence-electron chi connectivity index (χ2n) is 7.89. The Morgan fingerprint density at radius 3 is 2.48 bits per heavy atom. The van der Waals surface area contributed by atoms with Crippen LogP contribution in [-0.4, -0.2) is 33.8 Å². The van der Waals surface area contributed by atoms with E-state index in [0.717, 1.165) is 46.7 Å². The summed E-state index contributed by atoms with van der Waals surface area (Å²) in [6.07, 6.45) is 1.87. The summed E-state index contributed by atoms with van der Waals surface area (Å²) >= 11 is 1.58. The predicted octanol–water partition coefficient (Wildman–Crippen LogP) is 4.42. The summed E-state index contributed by atoms with van der Waals surface area (Å²) in [5.41, 5.74) is 5.58. The number of nitrogens with zero attached hydrogens (tertiary/aromatic N) is 4. The van der Waals surface area contributed by atoms with Crippen LogP contribution in [-0.2, 0) is 4.79 Å². The van der Waals surface area contributed by atoms with Gasteiger partial charge in [0.25, 0.3) is 0 Å². The topological polar surface area (TPSA) is 63.1 Å². The Morgan fingerprint density at radius 1 is 1.03 bits per heavy atom. The first-order valence-corrected chi connectivity index (χ1v) is 10.9. The molecule has 1 aromatic carbocycles. The van der Waals surface area contributed by atoms with E-state index in [1.54, 1.807) is 11.3 Å². The Hall–Kier alpha value is -2.67. The molecule has 1 aliphatic rings. The van der Waals surface area contributed by atoms with E-state index in [1.165, 1.54) is 11.1 Å². The highest BCUT2D eigenvalue weighted by atomic mass is 32.1. The summed E-state index contributed by atoms with van der Waals surface area (Å²) in [6, 6.07) is 10.2. The average Bonchev–Trinajstić information content (AvgIpc) is 3.31. The van der Waals surface area contributed by atoms with E-state index >= 15 is 0 Å². The molecule has 1 amide bonds. The summed E-state index contributed by atoms with van der Waals surface area (Å²) < 4.78 is 2.12. The molecule has 2 aromatic heterocycles. The summed E-state index contributed by atoms with van der Waals surface area (Å²) in [5.74, 6) is 0.0348. The van der Waals surface area contributed by atoms with Gasteiger partial charge in [0, 0.05) is 30.2 Å². The van der Waals surface area contributed by atoms with Crippen LogP contribution in [0.15, 0.2) is 30.3 Å². The lowest BCUT2D eigenvalue weighted by atomic mass is 9.97. The highest BCUT2D eigenvalue weighted by Crippen LogP contribution is 2.29. The van der Waals surface area contributed by atoms with Gasteiger partial charge in [-0.05, 0) is 75.9 Å². The van der Waals surface area contributed by atoms with Crippen molar-refractivity contribution >= 4 is 28.1 Å². The number of hydrogen-bond acceptors (Lipinski definition) is 5. The maximum absolute atomic E-state index is 12.8. The lowest BCUT2D eigenvalue weighted by Crippen LogP contribution is -2.40. The highest BCUT2D eigenvalue weighted by molar-refractivity contribution is 7.17. The molecule has 1 atom stereocenters. The molecular formula is C22H27N5OS. The van der Waals surface area contributed by atoms with Crippen LogP contribution < -0.4 is 10.2 Å². The SMILES string of the molecule is Cc1ccc(NC(=O)[C@H]2CCCN(c3nnc(-n4c(C)ccc4C)s3)C2)cc1C. The quantitative estimate of drug-likeness (QED) is 0.693. The van der Waals surface area contributed by atoms with E-state index in [0.29, 0.717) is 6.54 Å². The van der Waals surface area contributed by atoms with Crippen molar-refractivity contribution in [3.8, 4) is 5.13 Å². The van der Waals surface area contributed by atoms with Crippen molar-refractivity contribution in [1.29, 1.82) is 0 Å². The molecule has 1 N–H and O–H groups in total. The van der Waals surface area contributed by atoms with Gasteiger partial charge in [-0.2, -0.15) is 0 Å². The lowest BCUT2D eigenvalue weighted by molar-refractivity contribution is -0.120. The number of hydrogen-bond donors (Lipinski definition) is 1. The van der Waals surface area contributed by atoms with Gasteiger partial charge in [0.1, 0.15) is 0 Å². The van der Waals surface area contributed by atoms with Gasteiger partial charge in [-0.25, -0.2) is 0 Å². The summed E-state index contributed by atoms with van der Waals surface area (Å²) in [7, 11) is 0. The molecule has 0 spiro atoms. The number of anilines is 2. The Morgan fingerprint density at radius 2 is 1.76 bits per heavy atom. The molecule has 29 heavy (non-hydrogen) atoms. The van der Waals surface area contributed by atoms with Gasteiger partial charge in [-0.1, -0.05) is 17.4 Å². The number of aryl methyl sites for hydroxylation is 4. The number of nitrogens with one attached hydrogen (secondary N) is 1. The van der Waals surface area contributed by atoms with Crippen molar-refractivity contribution in [1.82, 2.24) is 14.8 Å². The summed E-state index contributed by atoms with van der Waals surface area (Å²) in [5, 5.41) is 13.7. The van der Waals surface area contributed by atoms with Crippen LogP contribution >= 0.6 is 11.3 Å². The zero-order chi connectivity index (χ0) is 20.5. The first kappa shape index (κ1) is 19.6. The molecule has 1 saturated heterocycles. The minimum absolute atomic E-state index is 0.0484. The number of aromatic nitrogens is 3. The van der Waals surface area contributed by atoms with Crippen molar-refractivity contribution in [2.24, 2.45) is 5.92 Å². The van der Waals surface area contributed by atoms with Gasteiger partial charge < -0.3 is 10.2 Å². The van der Waals surface area contributed by atoms with Crippen LogP contribution in [0.4, 0.5) is 10.8 Å². The van der Waals surface area contributed by atoms with E-state index in [4.69, 9.17) is 0 Å². The number of rotatable bonds is 4. The molecular weight excluding hydrogens is 382 g/mol. The summed E-state index contributed by atoms with van der Waals surface area (Å²) in [6.45, 7) is 9.87. The van der Waals surface area contributed by atoms with E-state index in [1.807, 2.05) is 18.2 Å². The Balaban J connectivity index is 1.46. The fourth-order valence-corrected chi connectivity index (χ4v) is 4.83. The third kappa shape index (κ3) is 4.05. The predicted molar refractivity (Wildman–Crippen MR) is 118 cm³/mol. The van der Waals surface area contributed by atoms with Crippen molar-refractivity contribution in [3.63, 3.8) is 0 Å². The fourth-order valence-electron chi connectivity index (χ4n) is 3.82. The van der Waals surface area contributed by atoms with Gasteiger partial charge in [0.2, 0.25) is 16.2 Å². The van der Waals surface area contributed by atoms with Crippen molar-refractivity contribution in [3.05, 3.63) is 52.8 Å². The van der Waals surface area contributed by atoms with Crippen LogP contribution in [0.25, 0.3) is 5.13 Å². The van der Waals surface area contributed by atoms with Crippen LogP contribution in [0, 0.1) is 33.6 Å². The second kappa shape index (κ2) is 7.99. The van der Waals surface area contributed by atoms with Gasteiger partial charge in [-0.15, -0.1) is 10.2 Å². The van der Waals surface area contributed by atoms with Crippen LogP contribution in [0.1, 0.15) is 35.4 Å². The average molecular weight is 410 g/mol. The van der Waals surface area contributed by atoms with Gasteiger partial charge in [0.05, 0.1) is 5.92 Å². The fraction of sp³-hybridized carbons (Fsp3) is 0.409. The molecule has 3 heterocycles. The van der Waals surface area contributed by atoms with Crippen molar-refractivity contribution in [2.45, 2.75) is 40.5 Å². The maximum Gasteiger partial charge on any atom is 0.229 e. The minimum Gasteiger partial charge on any atom is -0.346 e. The largest absolute Gasteiger partial charge is 0.346 e. The molecule has 152 valence electrons. The third-order valence-electron chi connectivity index (χ3n) is 5.70. The molecule has 3 aromatic rings. The first-order valence-electron chi connectivity index (χ1n) is 10.0. The Kier molecular flexibility index (Phi) is 5.41. The van der Waals surface area contributed by atoms with Crippen molar-refractivity contribution < 1.29 is 4.79 Å². The molecule has 1 aliphatic heterocycles. The molecule has 0 unspecified atom stereocenters. The number of benzene rings is 1. The second-order valence-corrected chi connectivity index (χ2v) is 8.83. The minimum atomic E-state index is -0.0484. The summed E-state index contributed by atoms with van der Waals surface area (Å²) in [4.78, 5) is 15.0. The van der Waals surface area contributed by atoms with Gasteiger partial charge >= 0.3 is 0 Å². The third-order valence-corrected chi connectivity index (χ3v) is 6.67. The highest BCUT2D eigenvalue weighted by Gasteiger charge is 2.28. The maximum atomic E-state index is 12.8. The van der Waals surface area contributed by atoms with Crippen LogP contribution in [0.5, 0.6) is 0 Å². The molecule has 0 saturated carbocycles. The lowest BCUT2D eigenvalue weighted by Gasteiger charge is -2.31. The molecule has 0 aliphatic carbocycles. The van der Waals surface area contributed by atoms with Crippen LogP contribution in [0.3, 0.4) is 0 Å². The first-order chi connectivity index (χ1) is 13.9. The van der Waals surface area contributed by atoms with Gasteiger partial charge in [-0.3, -0.25) is 9.36 Å². The molecule has 7 heteroatoms. The number of carbonyl (C=O) groups is 1. The smallest absolute Gasteiger partial charge is 0.229 e. The standard InChI is InChI=1S/C22H27N5OS/c1-14-7-10-19(12-15(14)2)23-20(28)18-6-5-11-26(13-18)21-24-25-22(29-21)27-16(3)8-9-17(27)4/h7-10,12,18H,5-6,11,13H2,1-4H3,(H,23,28)/t18-/m0/s1. The van der Waals surface area contributed by atoms with E-state index < -0.39 is 0 Å². The molecule has 0 bridgehead atoms. The molecule has 4 rings (SSSR count). The Labute approximate surface area is 175 Å². The van der Waals surface area contributed by atoms with Crippen LogP contribution in [0.2, 0.25) is 0 Å². The Bertz CT molecular complexity index is 1020. The normalized spacial score (nSPS) is 16.8. The number of piperidine rings is 1. The zero-order valence-electron chi connectivity index (χ0n) is 17.4. The monoisotopic (exact) mass is 409 g/mol. The van der Waals surface area contributed by atoms with E-state index in [-0.39, 0.29) is 11.8 Å².